The molecule has 0 spiro atoms. The van der Waals surface area contributed by atoms with E-state index in [0.29, 0.717) is 6.08 Å². The van der Waals surface area contributed by atoms with Crippen LogP contribution in [0.2, 0.25) is 0 Å². The molecule has 2 aromatic carbocycles. The highest BCUT2D eigenvalue weighted by Crippen LogP contribution is 2.24. The Morgan fingerprint density at radius 1 is 0.870 bits per heavy atom. The first-order valence-corrected chi connectivity index (χ1v) is 7.47. The molecule has 23 heavy (non-hydrogen) atoms. The molecule has 1 nitrogen and oxygen atoms in total. The largest absolute Gasteiger partial charge is 0.289 e. The Kier molecular flexibility index (Phi) is 5.20. The maximum absolute atomic E-state index is 13.5. The number of rotatable bonds is 4. The fraction of sp³-hybridized carbons (Fsp3) is 0.0625. The monoisotopic (exact) mass is 344 g/mol. The summed E-state index contributed by atoms with van der Waals surface area (Å²) in [6, 6.07) is 6.34. The van der Waals surface area contributed by atoms with Gasteiger partial charge in [0.25, 0.3) is 0 Å². The number of ketones is 1. The molecule has 7 heteroatoms. The van der Waals surface area contributed by atoms with E-state index in [4.69, 9.17) is 0 Å². The van der Waals surface area contributed by atoms with Crippen molar-refractivity contribution in [2.45, 2.75) is 4.90 Å². The summed E-state index contributed by atoms with van der Waals surface area (Å²) < 4.78 is 66.0. The van der Waals surface area contributed by atoms with Crippen LogP contribution in [-0.4, -0.2) is 12.0 Å². The zero-order valence-corrected chi connectivity index (χ0v) is 12.5. The van der Waals surface area contributed by atoms with Gasteiger partial charge in [-0.2, -0.15) is 0 Å². The van der Waals surface area contributed by atoms with Crippen LogP contribution in [0.25, 0.3) is 6.08 Å². The summed E-state index contributed by atoms with van der Waals surface area (Å²) in [6.07, 6.45) is 3.17. The van der Waals surface area contributed by atoms with Crippen molar-refractivity contribution in [3.05, 3.63) is 70.6 Å². The van der Waals surface area contributed by atoms with Gasteiger partial charge in [-0.1, -0.05) is 0 Å². The van der Waals surface area contributed by atoms with Gasteiger partial charge >= 0.3 is 0 Å². The first-order chi connectivity index (χ1) is 10.9. The molecule has 0 N–H and O–H groups in total. The van der Waals surface area contributed by atoms with Crippen molar-refractivity contribution in [2.75, 3.05) is 6.26 Å². The average Bonchev–Trinajstić information content (AvgIpc) is 2.58. The summed E-state index contributed by atoms with van der Waals surface area (Å²) in [4.78, 5) is 12.8. The Labute approximate surface area is 132 Å². The minimum absolute atomic E-state index is 0.225. The van der Waals surface area contributed by atoms with Crippen LogP contribution in [0.15, 0.2) is 35.2 Å². The molecular weight excluding hydrogens is 335 g/mol. The molecule has 0 aliphatic carbocycles. The van der Waals surface area contributed by atoms with E-state index in [9.17, 15) is 26.7 Å². The summed E-state index contributed by atoms with van der Waals surface area (Å²) in [5.74, 6) is -10.9. The van der Waals surface area contributed by atoms with Crippen molar-refractivity contribution < 1.29 is 26.7 Å². The second-order valence-corrected chi connectivity index (χ2v) is 5.29. The molecule has 2 aromatic rings. The molecule has 0 aromatic heterocycles. The predicted molar refractivity (Wildman–Crippen MR) is 77.8 cm³/mol. The number of carbonyl (C=O) groups excluding carboxylic acids is 1. The van der Waals surface area contributed by atoms with Gasteiger partial charge in [0.15, 0.2) is 29.1 Å². The Morgan fingerprint density at radius 3 is 1.83 bits per heavy atom. The van der Waals surface area contributed by atoms with Crippen LogP contribution >= 0.6 is 11.8 Å². The highest BCUT2D eigenvalue weighted by Gasteiger charge is 2.24. The number of thioether (sulfide) groups is 1. The Balaban J connectivity index is 2.34. The molecule has 0 atom stereocenters. The van der Waals surface area contributed by atoms with Gasteiger partial charge in [0.1, 0.15) is 0 Å². The van der Waals surface area contributed by atoms with E-state index in [1.54, 1.807) is 12.1 Å². The minimum atomic E-state index is -2.24. The predicted octanol–water partition coefficient (Wildman–Crippen LogP) is 5.00. The van der Waals surface area contributed by atoms with Crippen molar-refractivity contribution in [3.63, 3.8) is 0 Å². The lowest BCUT2D eigenvalue weighted by molar-refractivity contribution is 0.104. The van der Waals surface area contributed by atoms with Crippen LogP contribution in [0.5, 0.6) is 0 Å². The highest BCUT2D eigenvalue weighted by atomic mass is 32.2. The van der Waals surface area contributed by atoms with Crippen LogP contribution in [0, 0.1) is 29.1 Å². The molecule has 0 radical (unpaired) electrons. The highest BCUT2D eigenvalue weighted by molar-refractivity contribution is 7.98. The third-order valence-corrected chi connectivity index (χ3v) is 3.76. The fourth-order valence-electron chi connectivity index (χ4n) is 1.78. The van der Waals surface area contributed by atoms with E-state index >= 15 is 0 Å². The van der Waals surface area contributed by atoms with Crippen LogP contribution in [-0.2, 0) is 0 Å². The van der Waals surface area contributed by atoms with Gasteiger partial charge in [-0.05, 0) is 42.7 Å². The molecule has 0 saturated heterocycles. The molecular formula is C16H9F5OS. The van der Waals surface area contributed by atoms with Gasteiger partial charge in [-0.25, -0.2) is 22.0 Å². The Hall–Kier alpha value is -2.15. The van der Waals surface area contributed by atoms with Gasteiger partial charge < -0.3 is 0 Å². The van der Waals surface area contributed by atoms with Crippen molar-refractivity contribution in [3.8, 4) is 0 Å². The van der Waals surface area contributed by atoms with Gasteiger partial charge in [0.2, 0.25) is 5.82 Å². The second-order valence-electron chi connectivity index (χ2n) is 4.41. The molecule has 0 heterocycles. The topological polar surface area (TPSA) is 17.1 Å². The quantitative estimate of drug-likeness (QED) is 0.194. The molecule has 0 saturated carbocycles. The lowest BCUT2D eigenvalue weighted by Crippen LogP contribution is -2.04. The number of halogens is 5. The van der Waals surface area contributed by atoms with Gasteiger partial charge in [0, 0.05) is 10.5 Å². The summed E-state index contributed by atoms with van der Waals surface area (Å²) in [7, 11) is 0. The summed E-state index contributed by atoms with van der Waals surface area (Å²) in [5, 5.41) is 0. The number of hydrogen-bond donors (Lipinski definition) is 0. The SMILES string of the molecule is CSc1ccc(C(=O)C=Cc2c(F)c(F)c(F)c(F)c2F)cc1. The normalized spacial score (nSPS) is 11.2. The molecule has 0 fully saturated rings. The summed E-state index contributed by atoms with van der Waals surface area (Å²) in [6.45, 7) is 0. The van der Waals surface area contributed by atoms with Crippen molar-refractivity contribution in [1.82, 2.24) is 0 Å². The average molecular weight is 344 g/mol. The van der Waals surface area contributed by atoms with Gasteiger partial charge in [0.05, 0.1) is 5.56 Å². The molecule has 0 aliphatic rings. The smallest absolute Gasteiger partial charge is 0.200 e. The fourth-order valence-corrected chi connectivity index (χ4v) is 2.19. The molecule has 2 rings (SSSR count). The molecule has 0 aliphatic heterocycles. The first-order valence-electron chi connectivity index (χ1n) is 6.24. The van der Waals surface area contributed by atoms with Crippen LogP contribution < -0.4 is 0 Å². The lowest BCUT2D eigenvalue weighted by atomic mass is 10.1. The van der Waals surface area contributed by atoms with Gasteiger partial charge in [-0.3, -0.25) is 4.79 Å². The number of allylic oxidation sites excluding steroid dienone is 1. The van der Waals surface area contributed by atoms with E-state index in [1.165, 1.54) is 23.9 Å². The third kappa shape index (κ3) is 3.44. The Bertz CT molecular complexity index is 755. The van der Waals surface area contributed by atoms with Crippen LogP contribution in [0.3, 0.4) is 0 Å². The summed E-state index contributed by atoms with van der Waals surface area (Å²) in [5.41, 5.74) is -0.932. The van der Waals surface area contributed by atoms with Crippen molar-refractivity contribution >= 4 is 23.6 Å². The minimum Gasteiger partial charge on any atom is -0.289 e. The Morgan fingerprint density at radius 2 is 1.35 bits per heavy atom. The number of hydrogen-bond acceptors (Lipinski definition) is 2. The second kappa shape index (κ2) is 6.95. The van der Waals surface area contributed by atoms with E-state index in [2.05, 4.69) is 0 Å². The third-order valence-electron chi connectivity index (χ3n) is 3.02. The summed E-state index contributed by atoms with van der Waals surface area (Å²) >= 11 is 1.46. The van der Waals surface area contributed by atoms with Gasteiger partial charge in [-0.15, -0.1) is 11.8 Å². The van der Waals surface area contributed by atoms with E-state index < -0.39 is 40.4 Å². The standard InChI is InChI=1S/C16H9F5OS/c1-23-9-4-2-8(3-5-9)11(22)7-6-10-12(17)14(19)16(21)15(20)13(10)18/h2-7H,1H3. The van der Waals surface area contributed by atoms with E-state index in [1.807, 2.05) is 6.26 Å². The van der Waals surface area contributed by atoms with Crippen molar-refractivity contribution in [1.29, 1.82) is 0 Å². The number of benzene rings is 2. The molecule has 120 valence electrons. The lowest BCUT2D eigenvalue weighted by Gasteiger charge is -2.04. The first kappa shape index (κ1) is 17.2. The maximum Gasteiger partial charge on any atom is 0.200 e. The zero-order chi connectivity index (χ0) is 17.1. The van der Waals surface area contributed by atoms with E-state index in [0.717, 1.165) is 11.0 Å². The van der Waals surface area contributed by atoms with Crippen LogP contribution in [0.1, 0.15) is 15.9 Å². The van der Waals surface area contributed by atoms with E-state index in [-0.39, 0.29) is 5.56 Å². The molecule has 0 bridgehead atoms. The number of carbonyl (C=O) groups is 1. The van der Waals surface area contributed by atoms with Crippen molar-refractivity contribution in [2.24, 2.45) is 0 Å². The molecule has 0 unspecified atom stereocenters. The maximum atomic E-state index is 13.5. The zero-order valence-electron chi connectivity index (χ0n) is 11.7. The van der Waals surface area contributed by atoms with Crippen LogP contribution in [0.4, 0.5) is 22.0 Å². The molecule has 0 amide bonds.